The topological polar surface area (TPSA) is 69.7 Å². The quantitative estimate of drug-likeness (QED) is 0.554. The van der Waals surface area contributed by atoms with Crippen molar-refractivity contribution >= 4 is 5.84 Å². The van der Waals surface area contributed by atoms with Gasteiger partial charge in [-0.15, -0.1) is 0 Å². The lowest BCUT2D eigenvalue weighted by Gasteiger charge is -2.32. The lowest BCUT2D eigenvalue weighted by Crippen LogP contribution is -2.27. The molecule has 0 spiro atoms. The Morgan fingerprint density at radius 2 is 1.91 bits per heavy atom. The number of nitrogens with zero attached hydrogens (tertiary/aromatic N) is 2. The predicted molar refractivity (Wildman–Crippen MR) is 131 cm³/mol. The summed E-state index contributed by atoms with van der Waals surface area (Å²) < 4.78 is 11.7. The highest BCUT2D eigenvalue weighted by molar-refractivity contribution is 6.03. The van der Waals surface area contributed by atoms with Crippen LogP contribution < -0.4 is 15.2 Å². The molecule has 5 nitrogen and oxygen atoms in total. The number of benzene rings is 2. The molecule has 3 aromatic rings. The number of aromatic nitrogens is 1. The van der Waals surface area contributed by atoms with Crippen LogP contribution in [0.2, 0.25) is 0 Å². The van der Waals surface area contributed by atoms with Gasteiger partial charge in [0.15, 0.2) is 11.5 Å². The maximum atomic E-state index is 6.46. The van der Waals surface area contributed by atoms with Gasteiger partial charge < -0.3 is 15.2 Å². The molecule has 2 aliphatic rings. The molecule has 0 radical (unpaired) electrons. The third kappa shape index (κ3) is 3.80. The summed E-state index contributed by atoms with van der Waals surface area (Å²) in [5.41, 5.74) is 11.2. The van der Waals surface area contributed by atoms with Crippen LogP contribution in [0.15, 0.2) is 95.8 Å². The number of hydrogen-bond acceptors (Lipinski definition) is 5. The zero-order valence-corrected chi connectivity index (χ0v) is 18.7. The van der Waals surface area contributed by atoms with Gasteiger partial charge in [0.1, 0.15) is 24.6 Å². The van der Waals surface area contributed by atoms with Gasteiger partial charge in [0.05, 0.1) is 0 Å². The Hall–Kier alpha value is -3.86. The molecule has 0 amide bonds. The summed E-state index contributed by atoms with van der Waals surface area (Å²) in [6, 6.07) is 18.4. The fourth-order valence-corrected chi connectivity index (χ4v) is 4.64. The smallest absolute Gasteiger partial charge is 0.161 e. The summed E-state index contributed by atoms with van der Waals surface area (Å²) in [6.07, 6.45) is 11.8. The van der Waals surface area contributed by atoms with E-state index in [9.17, 15) is 0 Å². The highest BCUT2D eigenvalue weighted by atomic mass is 16.6. The number of hydrogen-bond donors (Lipinski definition) is 1. The molecule has 0 bridgehead atoms. The first-order valence-corrected chi connectivity index (χ1v) is 11.3. The third-order valence-electron chi connectivity index (χ3n) is 6.20. The van der Waals surface area contributed by atoms with Crippen molar-refractivity contribution in [1.82, 2.24) is 4.98 Å². The highest BCUT2D eigenvalue weighted by Gasteiger charge is 2.43. The van der Waals surface area contributed by atoms with E-state index in [4.69, 9.17) is 20.2 Å². The van der Waals surface area contributed by atoms with Crippen LogP contribution in [0.3, 0.4) is 0 Å². The molecular formula is C28H27N3O2. The zero-order chi connectivity index (χ0) is 22.7. The molecule has 3 heterocycles. The normalized spacial score (nSPS) is 19.4. The van der Waals surface area contributed by atoms with Gasteiger partial charge >= 0.3 is 0 Å². The molecular weight excluding hydrogens is 410 g/mol. The number of fused-ring (bicyclic) bond motifs is 2. The molecule has 2 aliphatic heterocycles. The Kier molecular flexibility index (Phi) is 5.69. The first-order valence-electron chi connectivity index (χ1n) is 11.3. The van der Waals surface area contributed by atoms with Crippen LogP contribution in [-0.4, -0.2) is 24.0 Å². The van der Waals surface area contributed by atoms with Crippen LogP contribution in [-0.2, 0) is 12.0 Å². The Balaban J connectivity index is 1.60. The van der Waals surface area contributed by atoms with Gasteiger partial charge in [-0.3, -0.25) is 4.98 Å². The van der Waals surface area contributed by atoms with Crippen LogP contribution in [0, 0.1) is 0 Å². The molecule has 1 unspecified atom stereocenters. The first kappa shape index (κ1) is 21.0. The van der Waals surface area contributed by atoms with Gasteiger partial charge in [0.2, 0.25) is 0 Å². The highest BCUT2D eigenvalue weighted by Crippen LogP contribution is 2.49. The minimum absolute atomic E-state index is 0.541. The molecule has 0 fully saturated rings. The molecule has 2 aromatic carbocycles. The minimum atomic E-state index is -0.704. The number of allylic oxidation sites excluding steroid dienone is 3. The molecule has 0 saturated carbocycles. The van der Waals surface area contributed by atoms with E-state index in [0.717, 1.165) is 46.6 Å². The average molecular weight is 438 g/mol. The summed E-state index contributed by atoms with van der Waals surface area (Å²) in [7, 11) is 0. The van der Waals surface area contributed by atoms with Gasteiger partial charge in [-0.25, -0.2) is 4.99 Å². The molecule has 33 heavy (non-hydrogen) atoms. The van der Waals surface area contributed by atoms with Crippen molar-refractivity contribution in [2.24, 2.45) is 10.7 Å². The van der Waals surface area contributed by atoms with Crippen molar-refractivity contribution < 1.29 is 9.47 Å². The van der Waals surface area contributed by atoms with Gasteiger partial charge in [-0.1, -0.05) is 61.5 Å². The summed E-state index contributed by atoms with van der Waals surface area (Å²) in [6.45, 7) is 3.26. The van der Waals surface area contributed by atoms with Crippen molar-refractivity contribution in [3.05, 3.63) is 113 Å². The number of aliphatic imine (C=N–C) groups is 1. The Morgan fingerprint density at radius 3 is 2.73 bits per heavy atom. The standard InChI is InChI=1S/C28H27N3O2/c1-2-21(10-4-3-8-20-9-7-15-30-19-20)28(24-12-6-5-11-23(24)27(29)31-28)22-13-14-25-26(18-22)33-17-16-32-25/h3-7,9-15,18-19H,2,8,16-17H2,1H3,(H2,29,31)/b4-3-,21-10+. The molecule has 0 aliphatic carbocycles. The fraction of sp³-hybridized carbons (Fsp3) is 0.214. The van der Waals surface area contributed by atoms with Crippen molar-refractivity contribution in [3.8, 4) is 11.5 Å². The van der Waals surface area contributed by atoms with E-state index in [2.05, 4.69) is 54.4 Å². The van der Waals surface area contributed by atoms with Gasteiger partial charge in [0, 0.05) is 18.0 Å². The number of ether oxygens (including phenoxy) is 2. The Morgan fingerprint density at radius 1 is 1.06 bits per heavy atom. The molecule has 5 rings (SSSR count). The lowest BCUT2D eigenvalue weighted by atomic mass is 9.76. The summed E-state index contributed by atoms with van der Waals surface area (Å²) >= 11 is 0. The second-order valence-corrected chi connectivity index (χ2v) is 8.15. The van der Waals surface area contributed by atoms with Gasteiger partial charge in [-0.05, 0) is 53.3 Å². The Labute approximate surface area is 194 Å². The second-order valence-electron chi connectivity index (χ2n) is 8.15. The van der Waals surface area contributed by atoms with Crippen molar-refractivity contribution in [3.63, 3.8) is 0 Å². The minimum Gasteiger partial charge on any atom is -0.486 e. The van der Waals surface area contributed by atoms with E-state index >= 15 is 0 Å². The van der Waals surface area contributed by atoms with Crippen LogP contribution >= 0.6 is 0 Å². The van der Waals surface area contributed by atoms with Gasteiger partial charge in [-0.2, -0.15) is 0 Å². The predicted octanol–water partition coefficient (Wildman–Crippen LogP) is 4.95. The summed E-state index contributed by atoms with van der Waals surface area (Å²) in [5, 5.41) is 0. The zero-order valence-electron chi connectivity index (χ0n) is 18.7. The SMILES string of the molecule is CC/C(=C\C=C/Cc1cccnc1)C1(c2ccc3c(c2)OCCO3)N=C(N)c2ccccc21. The first-order chi connectivity index (χ1) is 16.2. The van der Waals surface area contributed by atoms with E-state index in [1.165, 1.54) is 5.56 Å². The third-order valence-corrected chi connectivity index (χ3v) is 6.20. The number of pyridine rings is 1. The van der Waals surface area contributed by atoms with E-state index < -0.39 is 5.54 Å². The molecule has 1 atom stereocenters. The van der Waals surface area contributed by atoms with E-state index in [-0.39, 0.29) is 0 Å². The number of amidine groups is 1. The Bertz CT molecular complexity index is 1250. The molecule has 2 N–H and O–H groups in total. The molecule has 5 heteroatoms. The fourth-order valence-electron chi connectivity index (χ4n) is 4.64. The molecule has 1 aromatic heterocycles. The monoisotopic (exact) mass is 437 g/mol. The molecule has 0 saturated heterocycles. The maximum Gasteiger partial charge on any atom is 0.161 e. The van der Waals surface area contributed by atoms with Crippen LogP contribution in [0.25, 0.3) is 0 Å². The van der Waals surface area contributed by atoms with E-state index in [1.807, 2.05) is 36.5 Å². The van der Waals surface area contributed by atoms with Crippen molar-refractivity contribution in [2.45, 2.75) is 25.3 Å². The van der Waals surface area contributed by atoms with Crippen molar-refractivity contribution in [1.29, 1.82) is 0 Å². The van der Waals surface area contributed by atoms with Gasteiger partial charge in [0.25, 0.3) is 0 Å². The largest absolute Gasteiger partial charge is 0.486 e. The number of rotatable bonds is 6. The van der Waals surface area contributed by atoms with E-state index in [1.54, 1.807) is 6.20 Å². The van der Waals surface area contributed by atoms with Crippen LogP contribution in [0.5, 0.6) is 11.5 Å². The van der Waals surface area contributed by atoms with Crippen LogP contribution in [0.1, 0.15) is 35.6 Å². The number of nitrogens with two attached hydrogens (primary N) is 1. The van der Waals surface area contributed by atoms with E-state index in [0.29, 0.717) is 19.0 Å². The summed E-state index contributed by atoms with van der Waals surface area (Å²) in [4.78, 5) is 9.29. The second kappa shape index (κ2) is 8.94. The lowest BCUT2D eigenvalue weighted by molar-refractivity contribution is 0.171. The molecule has 166 valence electrons. The maximum absolute atomic E-state index is 6.46. The summed E-state index contributed by atoms with van der Waals surface area (Å²) in [5.74, 6) is 2.07. The van der Waals surface area contributed by atoms with Crippen molar-refractivity contribution in [2.75, 3.05) is 13.2 Å². The van der Waals surface area contributed by atoms with Crippen LogP contribution in [0.4, 0.5) is 0 Å². The average Bonchev–Trinajstić information content (AvgIpc) is 3.18.